The van der Waals surface area contributed by atoms with Crippen LogP contribution >= 0.6 is 0 Å². The summed E-state index contributed by atoms with van der Waals surface area (Å²) in [6.45, 7) is 4.90. The predicted octanol–water partition coefficient (Wildman–Crippen LogP) is 3.48. The van der Waals surface area contributed by atoms with Gasteiger partial charge in [-0.3, -0.25) is 4.79 Å². The molecule has 0 saturated heterocycles. The molecule has 4 nitrogen and oxygen atoms in total. The van der Waals surface area contributed by atoms with Crippen molar-refractivity contribution < 1.29 is 14.3 Å². The van der Waals surface area contributed by atoms with Gasteiger partial charge in [0, 0.05) is 12.1 Å². The number of rotatable bonds is 5. The van der Waals surface area contributed by atoms with E-state index in [-0.39, 0.29) is 17.7 Å². The number of carbonyl (C=O) groups is 2. The minimum absolute atomic E-state index is 0.139. The van der Waals surface area contributed by atoms with Gasteiger partial charge in [0.2, 0.25) is 5.76 Å². The van der Waals surface area contributed by atoms with Crippen molar-refractivity contribution in [2.45, 2.75) is 26.3 Å². The van der Waals surface area contributed by atoms with Crippen molar-refractivity contribution in [3.63, 3.8) is 0 Å². The second-order valence-corrected chi connectivity index (χ2v) is 6.41. The minimum Gasteiger partial charge on any atom is -0.417 e. The Morgan fingerprint density at radius 2 is 1.96 bits per heavy atom. The van der Waals surface area contributed by atoms with Gasteiger partial charge in [-0.25, -0.2) is 4.79 Å². The van der Waals surface area contributed by atoms with Crippen molar-refractivity contribution in [1.29, 1.82) is 0 Å². The summed E-state index contributed by atoms with van der Waals surface area (Å²) in [6, 6.07) is 8.59. The van der Waals surface area contributed by atoms with Gasteiger partial charge in [-0.15, -0.1) is 0 Å². The van der Waals surface area contributed by atoms with Crippen LogP contribution in [0.5, 0.6) is 0 Å². The lowest BCUT2D eigenvalue weighted by Crippen LogP contribution is -2.36. The first kappa shape index (κ1) is 16.2. The summed E-state index contributed by atoms with van der Waals surface area (Å²) in [5.74, 6) is -0.0616. The Kier molecular flexibility index (Phi) is 4.65. The summed E-state index contributed by atoms with van der Waals surface area (Å²) >= 11 is 0. The lowest BCUT2D eigenvalue weighted by atomic mass is 10.0. The number of esters is 1. The molecule has 0 radical (unpaired) electrons. The molecule has 1 aliphatic carbocycles. The van der Waals surface area contributed by atoms with Crippen LogP contribution in [0.25, 0.3) is 0 Å². The maximum absolute atomic E-state index is 12.8. The fraction of sp³-hybridized carbons (Fsp3) is 0.300. The largest absolute Gasteiger partial charge is 0.417 e. The number of fused-ring (bicyclic) bond motifs is 1. The maximum Gasteiger partial charge on any atom is 0.343 e. The van der Waals surface area contributed by atoms with E-state index in [4.69, 9.17) is 4.74 Å². The molecule has 1 aliphatic heterocycles. The molecule has 1 aromatic rings. The molecular formula is C20H21NO3. The van der Waals surface area contributed by atoms with Crippen LogP contribution in [0.3, 0.4) is 0 Å². The van der Waals surface area contributed by atoms with Crippen LogP contribution in [0.1, 0.15) is 30.6 Å². The Hall–Kier alpha value is -2.62. The summed E-state index contributed by atoms with van der Waals surface area (Å²) in [5, 5.41) is 0. The highest BCUT2D eigenvalue weighted by atomic mass is 16.5. The summed E-state index contributed by atoms with van der Waals surface area (Å²) in [4.78, 5) is 26.9. The van der Waals surface area contributed by atoms with Crippen molar-refractivity contribution in [3.05, 3.63) is 71.5 Å². The third-order valence-electron chi connectivity index (χ3n) is 4.20. The van der Waals surface area contributed by atoms with Crippen LogP contribution in [-0.2, 0) is 9.53 Å². The van der Waals surface area contributed by atoms with Crippen LogP contribution in [0.15, 0.2) is 66.0 Å². The second-order valence-electron chi connectivity index (χ2n) is 6.41. The monoisotopic (exact) mass is 323 g/mol. The molecule has 3 rings (SSSR count). The first-order chi connectivity index (χ1) is 11.6. The molecule has 0 spiro atoms. The van der Waals surface area contributed by atoms with Crippen LogP contribution in [0.2, 0.25) is 0 Å². The van der Waals surface area contributed by atoms with Gasteiger partial charge in [0.25, 0.3) is 5.91 Å². The van der Waals surface area contributed by atoms with Crippen molar-refractivity contribution in [1.82, 2.24) is 4.90 Å². The molecule has 1 unspecified atom stereocenters. The highest BCUT2D eigenvalue weighted by Gasteiger charge is 2.39. The number of carbonyl (C=O) groups excluding carboxylic acids is 2. The average molecular weight is 323 g/mol. The number of amides is 1. The molecular weight excluding hydrogens is 302 g/mol. The average Bonchev–Trinajstić information content (AvgIpc) is 2.86. The van der Waals surface area contributed by atoms with Gasteiger partial charge >= 0.3 is 5.97 Å². The molecule has 1 heterocycles. The standard InChI is InChI=1S/C20H21NO3/c1-14(2)12-13-21-17-11-7-6-10-16(17)18(19(21)22)24-20(23)15-8-4-3-5-9-15/h3-11,14,17H,12-13H2,1-2H3. The van der Waals surface area contributed by atoms with Crippen molar-refractivity contribution >= 4 is 11.9 Å². The molecule has 124 valence electrons. The molecule has 1 amide bonds. The second kappa shape index (κ2) is 6.87. The fourth-order valence-electron chi connectivity index (χ4n) is 2.86. The number of benzene rings is 1. The van der Waals surface area contributed by atoms with E-state index in [2.05, 4.69) is 13.8 Å². The molecule has 0 N–H and O–H groups in total. The normalized spacial score (nSPS) is 19.2. The molecule has 0 fully saturated rings. The zero-order valence-corrected chi connectivity index (χ0v) is 13.9. The van der Waals surface area contributed by atoms with Gasteiger partial charge in [-0.2, -0.15) is 0 Å². The summed E-state index contributed by atoms with van der Waals surface area (Å²) in [7, 11) is 0. The summed E-state index contributed by atoms with van der Waals surface area (Å²) in [5.41, 5.74) is 1.20. The van der Waals surface area contributed by atoms with Gasteiger partial charge in [0.15, 0.2) is 0 Å². The highest BCUT2D eigenvalue weighted by molar-refractivity contribution is 6.01. The van der Waals surface area contributed by atoms with E-state index in [9.17, 15) is 9.59 Å². The van der Waals surface area contributed by atoms with Crippen molar-refractivity contribution in [3.8, 4) is 0 Å². The predicted molar refractivity (Wildman–Crippen MR) is 92.1 cm³/mol. The van der Waals surface area contributed by atoms with E-state index in [0.717, 1.165) is 12.0 Å². The molecule has 0 aromatic heterocycles. The first-order valence-corrected chi connectivity index (χ1v) is 8.25. The molecule has 1 atom stereocenters. The Morgan fingerprint density at radius 1 is 1.21 bits per heavy atom. The smallest absolute Gasteiger partial charge is 0.343 e. The molecule has 0 saturated carbocycles. The van der Waals surface area contributed by atoms with Crippen LogP contribution < -0.4 is 0 Å². The number of allylic oxidation sites excluding steroid dienone is 2. The van der Waals surface area contributed by atoms with E-state index < -0.39 is 5.97 Å². The van der Waals surface area contributed by atoms with Crippen LogP contribution in [0, 0.1) is 5.92 Å². The lowest BCUT2D eigenvalue weighted by Gasteiger charge is -2.25. The molecule has 4 heteroatoms. The molecule has 24 heavy (non-hydrogen) atoms. The number of ether oxygens (including phenoxy) is 1. The zero-order chi connectivity index (χ0) is 17.1. The number of hydrogen-bond donors (Lipinski definition) is 0. The lowest BCUT2D eigenvalue weighted by molar-refractivity contribution is -0.129. The number of nitrogens with zero attached hydrogens (tertiary/aromatic N) is 1. The molecule has 2 aliphatic rings. The third-order valence-corrected chi connectivity index (χ3v) is 4.20. The maximum atomic E-state index is 12.8. The van der Waals surface area contributed by atoms with Crippen molar-refractivity contribution in [2.24, 2.45) is 5.92 Å². The van der Waals surface area contributed by atoms with Gasteiger partial charge in [0.1, 0.15) is 0 Å². The summed E-state index contributed by atoms with van der Waals surface area (Å²) in [6.07, 6.45) is 8.52. The minimum atomic E-state index is -0.501. The fourth-order valence-corrected chi connectivity index (χ4v) is 2.86. The quantitative estimate of drug-likeness (QED) is 0.779. The van der Waals surface area contributed by atoms with Crippen LogP contribution in [-0.4, -0.2) is 29.4 Å². The first-order valence-electron chi connectivity index (χ1n) is 8.25. The van der Waals surface area contributed by atoms with E-state index in [0.29, 0.717) is 18.0 Å². The Balaban J connectivity index is 1.83. The van der Waals surface area contributed by atoms with Crippen LogP contribution in [0.4, 0.5) is 0 Å². The van der Waals surface area contributed by atoms with E-state index in [1.807, 2.05) is 30.4 Å². The van der Waals surface area contributed by atoms with Gasteiger partial charge in [0.05, 0.1) is 11.6 Å². The topological polar surface area (TPSA) is 46.6 Å². The van der Waals surface area contributed by atoms with Crippen molar-refractivity contribution in [2.75, 3.05) is 6.54 Å². The van der Waals surface area contributed by atoms with Gasteiger partial charge in [-0.1, -0.05) is 56.4 Å². The molecule has 1 aromatic carbocycles. The van der Waals surface area contributed by atoms with E-state index in [1.165, 1.54) is 0 Å². The summed E-state index contributed by atoms with van der Waals surface area (Å²) < 4.78 is 5.48. The third kappa shape index (κ3) is 3.18. The molecule has 0 bridgehead atoms. The Labute approximate surface area is 142 Å². The highest BCUT2D eigenvalue weighted by Crippen LogP contribution is 2.32. The number of hydrogen-bond acceptors (Lipinski definition) is 3. The Morgan fingerprint density at radius 3 is 2.67 bits per heavy atom. The van der Waals surface area contributed by atoms with Gasteiger partial charge < -0.3 is 9.64 Å². The zero-order valence-electron chi connectivity index (χ0n) is 13.9. The van der Waals surface area contributed by atoms with E-state index >= 15 is 0 Å². The SMILES string of the molecule is CC(C)CCN1C(=O)C(OC(=O)c2ccccc2)=C2C=CC=CC21. The van der Waals surface area contributed by atoms with Gasteiger partial charge in [-0.05, 0) is 24.5 Å². The Bertz CT molecular complexity index is 729. The van der Waals surface area contributed by atoms with E-state index in [1.54, 1.807) is 29.2 Å².